The number of halogens is 5. The van der Waals surface area contributed by atoms with Gasteiger partial charge in [-0.3, -0.25) is 4.85 Å². The van der Waals surface area contributed by atoms with E-state index in [-0.39, 0.29) is 99.8 Å². The summed E-state index contributed by atoms with van der Waals surface area (Å²) in [5.74, 6) is 16.2. The van der Waals surface area contributed by atoms with E-state index in [1.54, 1.807) is 24.3 Å². The quantitative estimate of drug-likeness (QED) is 0.0157. The van der Waals surface area contributed by atoms with Crippen LogP contribution in [0.3, 0.4) is 0 Å². The van der Waals surface area contributed by atoms with E-state index in [9.17, 15) is 13.5 Å². The van der Waals surface area contributed by atoms with Crippen molar-refractivity contribution < 1.29 is 98.2 Å². The summed E-state index contributed by atoms with van der Waals surface area (Å²) < 4.78 is 128. The number of phenolic OH excluding ortho intramolecular Hbond substituents is 1. The fraction of sp³-hybridized carbons (Fsp3) is 0.362. The minimum Gasteiger partial charge on any atom is -0.508 e. The van der Waals surface area contributed by atoms with Crippen LogP contribution in [-0.4, -0.2) is 148 Å². The Morgan fingerprint density at radius 2 is 0.712 bits per heavy atom. The topological polar surface area (TPSA) is 560 Å². The van der Waals surface area contributed by atoms with Gasteiger partial charge in [0.1, 0.15) is 120 Å². The Morgan fingerprint density at radius 3 is 1.08 bits per heavy atom. The van der Waals surface area contributed by atoms with Gasteiger partial charge in [0.15, 0.2) is 122 Å². The molecule has 0 amide bonds. The van der Waals surface area contributed by atoms with Gasteiger partial charge in [0.05, 0.1) is 42.8 Å². The zero-order valence-electron chi connectivity index (χ0n) is 78.4. The number of anilines is 8. The van der Waals surface area contributed by atoms with Gasteiger partial charge >= 0.3 is 16.8 Å². The molecule has 39 nitrogen and oxygen atoms in total. The number of hydrogen-bond acceptors (Lipinski definition) is 38. The molecule has 45 heteroatoms. The van der Waals surface area contributed by atoms with E-state index >= 15 is 0 Å². The number of nitriles is 1. The van der Waals surface area contributed by atoms with Crippen LogP contribution < -0.4 is 126 Å². The highest BCUT2D eigenvalue weighted by Gasteiger charge is 2.34. The summed E-state index contributed by atoms with van der Waals surface area (Å²) in [6.07, 6.45) is 5.85. The molecule has 11 aromatic rings. The summed E-state index contributed by atoms with van der Waals surface area (Å²) in [7, 11) is -3.75. The SMILES string of the molecule is CC(C)c1c(O)ccc2c1OCCO2.CC(C)c1c(OCC#N)ccc2c1OCCO2.CC(C)c1c(Oc2cnc(N)nc2N)c(I)c(I)c2c1OCCO2.CC(C)c1c(Oc2cnc(N)nc2N)c(I)cc2c1OCCO2.CC(C)c1c(Oc2cnc(N)nc2N)ccc2c1OCCO2.CC(C)c1c(Oc2cnc(N)nc2N)ccc2c1OCCO2.ICI.[C-]#[N+]COS(=O)(=O)c1ccc(C)cc1. The average Bonchev–Trinajstić information content (AvgIpc) is 0.764. The molecule has 0 saturated carbocycles. The number of alkyl halides is 2. The molecule has 0 bridgehead atoms. The molecule has 0 aliphatic carbocycles. The van der Waals surface area contributed by atoms with E-state index in [4.69, 9.17) is 138 Å². The molecule has 10 heterocycles. The second-order valence-electron chi connectivity index (χ2n) is 31.8. The molecule has 139 heavy (non-hydrogen) atoms. The minimum atomic E-state index is -3.75. The molecule has 0 fully saturated rings. The summed E-state index contributed by atoms with van der Waals surface area (Å²) in [5.41, 5.74) is 52.0. The van der Waals surface area contributed by atoms with Crippen LogP contribution in [0.4, 0.5) is 47.1 Å². The Morgan fingerprint density at radius 1 is 0.403 bits per heavy atom. The Kier molecular flexibility index (Phi) is 40.8. The van der Waals surface area contributed by atoms with Crippen LogP contribution in [0.25, 0.3) is 4.85 Å². The Labute approximate surface area is 874 Å². The molecule has 17 rings (SSSR count). The van der Waals surface area contributed by atoms with Gasteiger partial charge in [-0.1, -0.05) is 146 Å². The standard InChI is InChI=1S/C15H16I2N4O3.C15H17IN4O3.2C15H18N4O3.C13H15NO3.C11H14O3.C9H9NO3S.CH2I2/c1-6(2)8-11(24-7-5-20-15(19)21-14(7)18)9(16)10(17)13-12(8)22-3-4-23-13;1-7(2)11-12(23-10-6-19-15(18)20-14(10)17)8(16)5-9-13(11)22-4-3-21-9;2*1-8(2)12-9(3-4-10-13(12)21-6-5-20-10)22-11-7-18-15(17)19-14(11)16;1-9(2)12-10(15-6-5-14)3-4-11-13(12)17-8-7-16-11;1-7(2)10-8(12)3-4-9-11(10)14-6-5-13-9;1-8-3-5-9(6-4-8)14(11,12)13-7-10-2;2-1-3/h5-6H,3-4H2,1-2H3,(H4,18,19,20,21);5-7H,3-4H2,1-2H3,(H4,17,18,19,20);2*3-4,7-8H,5-6H2,1-2H3,(H4,16,17,18,19);3-4,9H,6-8H2,1-2H3;3-4,7,12H,5-6H2,1-2H3;3-6H,7H2,1H3;1H2. The predicted molar refractivity (Wildman–Crippen MR) is 568 cm³/mol. The van der Waals surface area contributed by atoms with E-state index in [0.29, 0.717) is 148 Å². The van der Waals surface area contributed by atoms with Crippen LogP contribution >= 0.6 is 113 Å². The number of fused-ring (bicyclic) bond motifs is 6. The Balaban J connectivity index is 0.000000168. The highest BCUT2D eigenvalue weighted by Crippen LogP contribution is 2.54. The van der Waals surface area contributed by atoms with Crippen LogP contribution in [0.2, 0.25) is 0 Å². The van der Waals surface area contributed by atoms with Crippen molar-refractivity contribution in [3.63, 3.8) is 0 Å². The first-order chi connectivity index (χ1) is 66.4. The van der Waals surface area contributed by atoms with Crippen molar-refractivity contribution in [1.29, 1.82) is 5.26 Å². The van der Waals surface area contributed by atoms with Crippen LogP contribution in [0.1, 0.15) is 158 Å². The minimum absolute atomic E-state index is 0.0410. The maximum atomic E-state index is 11.3. The smallest absolute Gasteiger partial charge is 0.332 e. The van der Waals surface area contributed by atoms with Gasteiger partial charge < -0.3 is 132 Å². The molecule has 0 radical (unpaired) electrons. The third-order valence-electron chi connectivity index (χ3n) is 19.9. The normalized spacial score (nSPS) is 13.0. The van der Waals surface area contributed by atoms with Gasteiger partial charge in [0.2, 0.25) is 23.8 Å². The molecular weight excluding hydrogens is 2380 g/mol. The van der Waals surface area contributed by atoms with Crippen LogP contribution in [0.5, 0.6) is 126 Å². The highest BCUT2D eigenvalue weighted by atomic mass is 127. The van der Waals surface area contributed by atoms with Crippen LogP contribution in [0.15, 0.2) is 109 Å². The maximum absolute atomic E-state index is 11.3. The van der Waals surface area contributed by atoms with Crippen molar-refractivity contribution in [2.75, 3.05) is 141 Å². The Bertz CT molecular complexity index is 6190. The van der Waals surface area contributed by atoms with Crippen molar-refractivity contribution in [2.24, 2.45) is 0 Å². The fourth-order valence-corrected chi connectivity index (χ4v) is 16.7. The summed E-state index contributed by atoms with van der Waals surface area (Å²) >= 11 is 11.2. The first-order valence-electron chi connectivity index (χ1n) is 43.4. The number of ether oxygens (including phenoxy) is 17. The van der Waals surface area contributed by atoms with Gasteiger partial charge in [-0.05, 0) is 171 Å². The van der Waals surface area contributed by atoms with Gasteiger partial charge in [-0.25, -0.2) is 26.5 Å². The zero-order valence-corrected chi connectivity index (χ0v) is 90.0. The monoisotopic (exact) mass is 2490 g/mol. The van der Waals surface area contributed by atoms with E-state index < -0.39 is 16.8 Å². The molecule has 7 aromatic carbocycles. The number of rotatable bonds is 19. The summed E-state index contributed by atoms with van der Waals surface area (Å²) in [5, 5.41) is 18.3. The van der Waals surface area contributed by atoms with Gasteiger partial charge in [-0.2, -0.15) is 37.8 Å². The van der Waals surface area contributed by atoms with Crippen LogP contribution in [-0.2, 0) is 14.3 Å². The van der Waals surface area contributed by atoms with Crippen molar-refractivity contribution in [3.05, 3.63) is 165 Å². The number of hydrogen-bond donors (Lipinski definition) is 9. The average molecular weight is 2490 g/mol. The summed E-state index contributed by atoms with van der Waals surface area (Å²) in [6, 6.07) is 24.5. The largest absolute Gasteiger partial charge is 0.508 e. The number of aromatic hydroxyl groups is 1. The molecule has 4 aromatic heterocycles. The van der Waals surface area contributed by atoms with Crippen LogP contribution in [0, 0.1) is 35.5 Å². The number of benzene rings is 7. The molecule has 742 valence electrons. The maximum Gasteiger partial charge on any atom is 0.332 e. The third-order valence-corrected chi connectivity index (χ3v) is 25.0. The number of phenols is 1. The van der Waals surface area contributed by atoms with Crippen molar-refractivity contribution in [2.45, 2.75) is 130 Å². The molecule has 0 unspecified atom stereocenters. The lowest BCUT2D eigenvalue weighted by atomic mass is 10.00. The first-order valence-corrected chi connectivity index (χ1v) is 51.1. The molecule has 6 aliphatic rings. The zero-order chi connectivity index (χ0) is 101. The molecule has 6 aliphatic heterocycles. The van der Waals surface area contributed by atoms with Gasteiger partial charge in [0, 0.05) is 39.4 Å². The lowest BCUT2D eigenvalue weighted by Crippen LogP contribution is -2.19. The van der Waals surface area contributed by atoms with Gasteiger partial charge in [-0.15, -0.1) is 0 Å². The summed E-state index contributed by atoms with van der Waals surface area (Å²) in [6.45, 7) is 39.0. The predicted octanol–water partition coefficient (Wildman–Crippen LogP) is 19.3. The lowest BCUT2D eigenvalue weighted by Gasteiger charge is -2.27. The number of aromatic nitrogens is 8. The number of nitrogen functional groups attached to an aromatic ring is 8. The lowest BCUT2D eigenvalue weighted by molar-refractivity contribution is 0.167. The molecular formula is C94H109I5N18O21S. The second kappa shape index (κ2) is 51.9. The first kappa shape index (κ1) is 109. The third kappa shape index (κ3) is 29.0. The van der Waals surface area contributed by atoms with Crippen molar-refractivity contribution in [3.8, 4) is 133 Å². The molecule has 0 saturated heterocycles. The fourth-order valence-electron chi connectivity index (χ4n) is 13.9. The number of nitrogens with two attached hydrogens (primary N) is 8. The highest BCUT2D eigenvalue weighted by molar-refractivity contribution is 14.2. The summed E-state index contributed by atoms with van der Waals surface area (Å²) in [4.78, 5) is 34.2. The second-order valence-corrected chi connectivity index (χ2v) is 41.2. The molecule has 0 spiro atoms. The van der Waals surface area contributed by atoms with Gasteiger partial charge in [0.25, 0.3) is 0 Å². The van der Waals surface area contributed by atoms with E-state index in [0.717, 1.165) is 101 Å². The van der Waals surface area contributed by atoms with E-state index in [1.165, 1.54) is 39.4 Å². The van der Waals surface area contributed by atoms with Crippen molar-refractivity contribution in [1.82, 2.24) is 39.9 Å². The van der Waals surface area contributed by atoms with E-state index in [1.807, 2.05) is 69.3 Å². The molecule has 17 N–H and O–H groups in total. The molecule has 0 atom stereocenters. The number of aryl methyl sites for hydroxylation is 1. The Hall–Kier alpha value is -11.8. The van der Waals surface area contributed by atoms with Crippen molar-refractivity contribution >= 4 is 170 Å². The van der Waals surface area contributed by atoms with E-state index in [2.05, 4.69) is 231 Å². The number of nitrogens with zero attached hydrogens (tertiary/aromatic N) is 10.